The fourth-order valence-corrected chi connectivity index (χ4v) is 2.87. The molecule has 2 aromatic rings. The molecule has 0 saturated carbocycles. The van der Waals surface area contributed by atoms with Crippen LogP contribution in [0.4, 0.5) is 0 Å². The van der Waals surface area contributed by atoms with Crippen LogP contribution in [0.3, 0.4) is 0 Å². The van der Waals surface area contributed by atoms with Crippen molar-refractivity contribution in [3.63, 3.8) is 0 Å². The number of rotatable bonds is 1. The zero-order chi connectivity index (χ0) is 17.2. The summed E-state index contributed by atoms with van der Waals surface area (Å²) in [5.74, 6) is 0.964. The molecule has 0 bridgehead atoms. The first-order chi connectivity index (χ1) is 12.2. The van der Waals surface area contributed by atoms with Crippen LogP contribution < -0.4 is 0 Å². The molecule has 0 N–H and O–H groups in total. The maximum Gasteiger partial charge on any atom is 0.279 e. The van der Waals surface area contributed by atoms with Gasteiger partial charge in [0, 0.05) is 23.9 Å². The highest BCUT2D eigenvalue weighted by molar-refractivity contribution is 6.16. The highest BCUT2D eigenvalue weighted by Gasteiger charge is 2.20. The molecule has 0 atom stereocenters. The molecule has 122 valence electrons. The molecule has 2 aliphatic rings. The quantitative estimate of drug-likeness (QED) is 0.798. The molecule has 1 amide bonds. The van der Waals surface area contributed by atoms with Crippen LogP contribution in [0.5, 0.6) is 0 Å². The lowest BCUT2D eigenvalue weighted by atomic mass is 10.1. The molecule has 0 fully saturated rings. The molecule has 4 nitrogen and oxygen atoms in total. The summed E-state index contributed by atoms with van der Waals surface area (Å²) < 4.78 is 0. The van der Waals surface area contributed by atoms with Gasteiger partial charge in [-0.15, -0.1) is 0 Å². The first-order valence-electron chi connectivity index (χ1n) is 8.19. The summed E-state index contributed by atoms with van der Waals surface area (Å²) in [6.07, 6.45) is 7.82. The average Bonchev–Trinajstić information content (AvgIpc) is 2.79. The van der Waals surface area contributed by atoms with Crippen LogP contribution in [0.1, 0.15) is 27.0 Å². The summed E-state index contributed by atoms with van der Waals surface area (Å²) in [4.78, 5) is 23.6. The van der Waals surface area contributed by atoms with Crippen molar-refractivity contribution in [1.29, 1.82) is 0 Å². The van der Waals surface area contributed by atoms with Gasteiger partial charge in [-0.3, -0.25) is 4.79 Å². The average molecular weight is 327 g/mol. The molecule has 0 radical (unpaired) electrons. The normalized spacial score (nSPS) is 16.9. The first kappa shape index (κ1) is 15.3. The Balaban J connectivity index is 1.80. The third-order valence-corrected chi connectivity index (χ3v) is 4.24. The number of allylic oxidation sites excluding steroid dienone is 2. The number of hydrogen-bond acceptors (Lipinski definition) is 2. The minimum Gasteiger partial charge on any atom is -0.329 e. The lowest BCUT2D eigenvalue weighted by molar-refractivity contribution is 0.100. The van der Waals surface area contributed by atoms with E-state index in [9.17, 15) is 4.79 Å². The van der Waals surface area contributed by atoms with Crippen molar-refractivity contribution in [2.45, 2.75) is 13.5 Å². The number of aryl methyl sites for hydroxylation is 1. The fraction of sp³-hybridized carbons (Fsp3) is 0.0952. The summed E-state index contributed by atoms with van der Waals surface area (Å²) in [6, 6.07) is 15.4. The van der Waals surface area contributed by atoms with Crippen LogP contribution in [0.2, 0.25) is 0 Å². The highest BCUT2D eigenvalue weighted by atomic mass is 16.1. The Morgan fingerprint density at radius 2 is 1.88 bits per heavy atom. The number of hydrogen-bond donors (Lipinski definition) is 0. The fourth-order valence-electron chi connectivity index (χ4n) is 2.87. The van der Waals surface area contributed by atoms with Crippen molar-refractivity contribution < 1.29 is 4.79 Å². The third-order valence-electron chi connectivity index (χ3n) is 4.24. The van der Waals surface area contributed by atoms with Crippen LogP contribution in [0.25, 0.3) is 0 Å². The molecule has 0 spiro atoms. The number of benzene rings is 2. The highest BCUT2D eigenvalue weighted by Crippen LogP contribution is 2.21. The van der Waals surface area contributed by atoms with E-state index in [1.165, 1.54) is 0 Å². The predicted octanol–water partition coefficient (Wildman–Crippen LogP) is 3.88. The number of nitrogens with zero attached hydrogens (tertiary/aromatic N) is 3. The van der Waals surface area contributed by atoms with E-state index in [2.05, 4.69) is 14.9 Å². The number of carbonyl (C=O) groups is 1. The van der Waals surface area contributed by atoms with Gasteiger partial charge >= 0.3 is 0 Å². The summed E-state index contributed by atoms with van der Waals surface area (Å²) in [6.45, 7) is 2.69. The van der Waals surface area contributed by atoms with E-state index >= 15 is 0 Å². The maximum atomic E-state index is 12.6. The van der Waals surface area contributed by atoms with Gasteiger partial charge in [-0.1, -0.05) is 48.0 Å². The van der Waals surface area contributed by atoms with E-state index in [0.717, 1.165) is 22.5 Å². The van der Waals surface area contributed by atoms with Crippen LogP contribution in [0, 0.1) is 6.92 Å². The Hall–Kier alpha value is -3.27. The van der Waals surface area contributed by atoms with Crippen LogP contribution in [0.15, 0.2) is 82.9 Å². The van der Waals surface area contributed by atoms with Gasteiger partial charge in [0.25, 0.3) is 5.91 Å². The van der Waals surface area contributed by atoms with E-state index in [4.69, 9.17) is 0 Å². The second-order valence-corrected chi connectivity index (χ2v) is 6.06. The second-order valence-electron chi connectivity index (χ2n) is 6.06. The molecule has 0 saturated heterocycles. The summed E-state index contributed by atoms with van der Waals surface area (Å²) in [5, 5.41) is 0. The molecule has 2 aliphatic heterocycles. The smallest absolute Gasteiger partial charge is 0.279 e. The number of amidine groups is 2. The number of aliphatic imine (C=N–C) groups is 2. The van der Waals surface area contributed by atoms with Gasteiger partial charge in [-0.2, -0.15) is 4.99 Å². The van der Waals surface area contributed by atoms with Gasteiger partial charge in [0.15, 0.2) is 5.84 Å². The van der Waals surface area contributed by atoms with Crippen molar-refractivity contribution in [3.05, 3.63) is 95.2 Å². The molecule has 2 aromatic carbocycles. The summed E-state index contributed by atoms with van der Waals surface area (Å²) in [7, 11) is 0. The monoisotopic (exact) mass is 327 g/mol. The Morgan fingerprint density at radius 1 is 1.08 bits per heavy atom. The second kappa shape index (κ2) is 6.32. The van der Waals surface area contributed by atoms with Gasteiger partial charge in [-0.25, -0.2) is 4.99 Å². The SMILES string of the molecule is Cc1ccc(C(=O)N=C2N=C3C=CC=CN3Cc3ccccc32)cc1. The van der Waals surface area contributed by atoms with E-state index in [0.29, 0.717) is 17.9 Å². The zero-order valence-corrected chi connectivity index (χ0v) is 13.9. The van der Waals surface area contributed by atoms with Crippen LogP contribution in [-0.2, 0) is 6.54 Å². The van der Waals surface area contributed by atoms with Crippen molar-refractivity contribution >= 4 is 17.6 Å². The summed E-state index contributed by atoms with van der Waals surface area (Å²) in [5.41, 5.74) is 3.67. The lowest BCUT2D eigenvalue weighted by Crippen LogP contribution is -2.24. The van der Waals surface area contributed by atoms with Gasteiger partial charge < -0.3 is 4.90 Å². The zero-order valence-electron chi connectivity index (χ0n) is 13.9. The van der Waals surface area contributed by atoms with Crippen molar-refractivity contribution in [1.82, 2.24) is 4.90 Å². The molecular formula is C21H17N3O. The molecule has 0 unspecified atom stereocenters. The van der Waals surface area contributed by atoms with Crippen molar-refractivity contribution in [3.8, 4) is 0 Å². The van der Waals surface area contributed by atoms with E-state index in [1.54, 1.807) is 12.1 Å². The Bertz CT molecular complexity index is 949. The van der Waals surface area contributed by atoms with E-state index in [-0.39, 0.29) is 5.91 Å². The van der Waals surface area contributed by atoms with Crippen molar-refractivity contribution in [2.24, 2.45) is 9.98 Å². The van der Waals surface area contributed by atoms with E-state index < -0.39 is 0 Å². The number of carbonyl (C=O) groups excluding carboxylic acids is 1. The van der Waals surface area contributed by atoms with Crippen LogP contribution in [-0.4, -0.2) is 22.5 Å². The van der Waals surface area contributed by atoms with Gasteiger partial charge in [-0.05, 0) is 36.8 Å². The molecular weight excluding hydrogens is 310 g/mol. The lowest BCUT2D eigenvalue weighted by Gasteiger charge is -2.20. The topological polar surface area (TPSA) is 45.0 Å². The Labute approximate surface area is 146 Å². The van der Waals surface area contributed by atoms with E-state index in [1.807, 2.05) is 67.7 Å². The maximum absolute atomic E-state index is 12.6. The standard InChI is InChI=1S/C21H17N3O/c1-15-9-11-16(12-10-15)21(25)23-20-18-7-3-2-6-17(18)14-24-13-5-4-8-19(24)22-20/h2-13H,14H2,1H3. The predicted molar refractivity (Wildman–Crippen MR) is 99.7 cm³/mol. The van der Waals surface area contributed by atoms with Crippen molar-refractivity contribution in [2.75, 3.05) is 0 Å². The Kier molecular flexibility index (Phi) is 3.86. The molecule has 4 heteroatoms. The minimum absolute atomic E-state index is 0.280. The largest absolute Gasteiger partial charge is 0.329 e. The summed E-state index contributed by atoms with van der Waals surface area (Å²) >= 11 is 0. The molecule has 4 rings (SSSR count). The van der Waals surface area contributed by atoms with Gasteiger partial charge in [0.2, 0.25) is 0 Å². The molecule has 0 aliphatic carbocycles. The van der Waals surface area contributed by atoms with Crippen LogP contribution >= 0.6 is 0 Å². The number of fused-ring (bicyclic) bond motifs is 2. The van der Waals surface area contributed by atoms with Gasteiger partial charge in [0.1, 0.15) is 5.84 Å². The minimum atomic E-state index is -0.280. The number of amides is 1. The molecule has 0 aromatic heterocycles. The first-order valence-corrected chi connectivity index (χ1v) is 8.19. The Morgan fingerprint density at radius 3 is 2.72 bits per heavy atom. The third kappa shape index (κ3) is 3.06. The molecule has 2 heterocycles. The molecule has 25 heavy (non-hydrogen) atoms. The van der Waals surface area contributed by atoms with Gasteiger partial charge in [0.05, 0.1) is 0 Å².